The van der Waals surface area contributed by atoms with Crippen molar-refractivity contribution < 1.29 is 9.59 Å². The van der Waals surface area contributed by atoms with Crippen molar-refractivity contribution in [3.63, 3.8) is 0 Å². The van der Waals surface area contributed by atoms with E-state index in [-0.39, 0.29) is 29.7 Å². The Morgan fingerprint density at radius 3 is 2.67 bits per heavy atom. The van der Waals surface area contributed by atoms with E-state index in [4.69, 9.17) is 0 Å². The minimum atomic E-state index is -0.456. The molecule has 1 aliphatic carbocycles. The van der Waals surface area contributed by atoms with Crippen LogP contribution in [-0.2, 0) is 9.59 Å². The molecule has 3 unspecified atom stereocenters. The van der Waals surface area contributed by atoms with E-state index in [0.29, 0.717) is 6.54 Å². The van der Waals surface area contributed by atoms with Gasteiger partial charge in [0.2, 0.25) is 11.8 Å². The largest absolute Gasteiger partial charge is 0.344 e. The second-order valence-electron chi connectivity index (χ2n) is 10.4. The first-order valence-corrected chi connectivity index (χ1v) is 13.6. The lowest BCUT2D eigenvalue weighted by atomic mass is 9.83. The third-order valence-corrected chi connectivity index (χ3v) is 8.14. The van der Waals surface area contributed by atoms with Gasteiger partial charge in [0.15, 0.2) is 0 Å². The van der Waals surface area contributed by atoms with Crippen LogP contribution in [0.15, 0.2) is 48.9 Å². The van der Waals surface area contributed by atoms with Crippen LogP contribution in [0.5, 0.6) is 0 Å². The number of nitrogens with zero attached hydrogens (tertiary/aromatic N) is 4. The van der Waals surface area contributed by atoms with Crippen molar-refractivity contribution in [2.24, 2.45) is 11.8 Å². The number of para-hydroxylation sites is 1. The van der Waals surface area contributed by atoms with E-state index in [2.05, 4.69) is 38.1 Å². The molecule has 1 N–H and O–H groups in total. The molecule has 2 aromatic heterocycles. The van der Waals surface area contributed by atoms with Crippen molar-refractivity contribution in [3.05, 3.63) is 54.6 Å². The molecule has 2 amide bonds. The summed E-state index contributed by atoms with van der Waals surface area (Å²) in [4.78, 5) is 38.0. The summed E-state index contributed by atoms with van der Waals surface area (Å²) >= 11 is 0. The first kappa shape index (κ1) is 24.5. The van der Waals surface area contributed by atoms with Gasteiger partial charge in [-0.2, -0.15) is 0 Å². The van der Waals surface area contributed by atoms with Crippen molar-refractivity contribution in [3.8, 4) is 5.82 Å². The molecule has 0 spiro atoms. The van der Waals surface area contributed by atoms with Crippen LogP contribution in [0.3, 0.4) is 0 Å². The monoisotopic (exact) mass is 487 g/mol. The first-order chi connectivity index (χ1) is 17.6. The highest BCUT2D eigenvalue weighted by atomic mass is 16.2. The fourth-order valence-corrected chi connectivity index (χ4v) is 5.80. The van der Waals surface area contributed by atoms with Gasteiger partial charge >= 0.3 is 0 Å². The van der Waals surface area contributed by atoms with Gasteiger partial charge in [-0.1, -0.05) is 51.3 Å². The SMILES string of the molecule is CCC(C)C(=O)NC(C(=O)N1CCCC1c1cc(-n2ccc3ccccc32)ncn1)C1CCCCC1. The minimum absolute atomic E-state index is 0.0130. The van der Waals surface area contributed by atoms with E-state index >= 15 is 0 Å². The van der Waals surface area contributed by atoms with Gasteiger partial charge in [-0.05, 0) is 55.5 Å². The van der Waals surface area contributed by atoms with Crippen molar-refractivity contribution in [1.29, 1.82) is 0 Å². The number of amides is 2. The number of carbonyl (C=O) groups is 2. The number of aromatic nitrogens is 3. The second kappa shape index (κ2) is 10.8. The molecule has 3 heterocycles. The average molecular weight is 488 g/mol. The molecule has 3 aromatic rings. The van der Waals surface area contributed by atoms with Gasteiger partial charge in [0.25, 0.3) is 0 Å². The van der Waals surface area contributed by atoms with Crippen LogP contribution in [0.4, 0.5) is 0 Å². The lowest BCUT2D eigenvalue weighted by Crippen LogP contribution is -2.53. The molecule has 5 rings (SSSR count). The third kappa shape index (κ3) is 4.88. The molecule has 1 aliphatic heterocycles. The molecule has 2 fully saturated rings. The molecule has 0 radical (unpaired) electrons. The van der Waals surface area contributed by atoms with Crippen molar-refractivity contribution in [2.45, 2.75) is 77.3 Å². The predicted molar refractivity (Wildman–Crippen MR) is 141 cm³/mol. The Labute approximate surface area is 213 Å². The van der Waals surface area contributed by atoms with Crippen LogP contribution in [0.25, 0.3) is 16.7 Å². The maximum absolute atomic E-state index is 14.0. The molecule has 1 saturated heterocycles. The predicted octanol–water partition coefficient (Wildman–Crippen LogP) is 5.20. The normalized spacial score (nSPS) is 20.4. The smallest absolute Gasteiger partial charge is 0.246 e. The quantitative estimate of drug-likeness (QED) is 0.497. The maximum Gasteiger partial charge on any atom is 0.246 e. The number of rotatable bonds is 7. The van der Waals surface area contributed by atoms with Crippen LogP contribution in [0.1, 0.15) is 76.9 Å². The minimum Gasteiger partial charge on any atom is -0.344 e. The molecule has 1 aromatic carbocycles. The zero-order valence-corrected chi connectivity index (χ0v) is 21.4. The van der Waals surface area contributed by atoms with Gasteiger partial charge in [-0.25, -0.2) is 9.97 Å². The van der Waals surface area contributed by atoms with Crippen molar-refractivity contribution in [2.75, 3.05) is 6.54 Å². The fourth-order valence-electron chi connectivity index (χ4n) is 5.80. The van der Waals surface area contributed by atoms with E-state index in [0.717, 1.165) is 67.4 Å². The summed E-state index contributed by atoms with van der Waals surface area (Å²) in [5.74, 6) is 0.940. The zero-order chi connectivity index (χ0) is 25.1. The number of benzene rings is 1. The van der Waals surface area contributed by atoms with Gasteiger partial charge in [0, 0.05) is 24.7 Å². The number of carbonyl (C=O) groups excluding carboxylic acids is 2. The van der Waals surface area contributed by atoms with E-state index < -0.39 is 6.04 Å². The summed E-state index contributed by atoms with van der Waals surface area (Å²) in [5.41, 5.74) is 1.95. The first-order valence-electron chi connectivity index (χ1n) is 13.6. The van der Waals surface area contributed by atoms with E-state index in [1.807, 2.05) is 43.1 Å². The summed E-state index contributed by atoms with van der Waals surface area (Å²) in [6.45, 7) is 4.64. The van der Waals surface area contributed by atoms with Crippen LogP contribution in [-0.4, -0.2) is 43.8 Å². The number of hydrogen-bond donors (Lipinski definition) is 1. The Balaban J connectivity index is 1.41. The number of hydrogen-bond acceptors (Lipinski definition) is 4. The standard InChI is InChI=1S/C29H37N5O2/c1-3-20(2)28(35)32-27(22-11-5-4-6-12-22)29(36)34-16-9-14-25(34)23-18-26(31-19-30-23)33-17-15-21-10-7-8-13-24(21)33/h7-8,10,13,15,17-20,22,25,27H,3-6,9,11-12,14,16H2,1-2H3,(H,32,35). The molecule has 7 nitrogen and oxygen atoms in total. The van der Waals surface area contributed by atoms with E-state index in [1.165, 1.54) is 6.42 Å². The Kier molecular flexibility index (Phi) is 7.35. The van der Waals surface area contributed by atoms with Crippen LogP contribution < -0.4 is 5.32 Å². The van der Waals surface area contributed by atoms with Crippen LogP contribution >= 0.6 is 0 Å². The van der Waals surface area contributed by atoms with Crippen molar-refractivity contribution >= 4 is 22.7 Å². The number of nitrogens with one attached hydrogen (secondary N) is 1. The average Bonchev–Trinajstić information content (AvgIpc) is 3.59. The Morgan fingerprint density at radius 2 is 1.86 bits per heavy atom. The van der Waals surface area contributed by atoms with Gasteiger partial charge in [0.05, 0.1) is 17.3 Å². The summed E-state index contributed by atoms with van der Waals surface area (Å²) < 4.78 is 2.07. The summed E-state index contributed by atoms with van der Waals surface area (Å²) in [7, 11) is 0. The highest BCUT2D eigenvalue weighted by Crippen LogP contribution is 2.35. The summed E-state index contributed by atoms with van der Waals surface area (Å²) in [6.07, 6.45) is 11.6. The Hall–Kier alpha value is -3.22. The lowest BCUT2D eigenvalue weighted by Gasteiger charge is -2.35. The lowest BCUT2D eigenvalue weighted by molar-refractivity contribution is -0.140. The highest BCUT2D eigenvalue weighted by Gasteiger charge is 2.39. The summed E-state index contributed by atoms with van der Waals surface area (Å²) in [5, 5.41) is 4.33. The van der Waals surface area contributed by atoms with Gasteiger partial charge in [0.1, 0.15) is 18.2 Å². The topological polar surface area (TPSA) is 80.1 Å². The molecular weight excluding hydrogens is 450 g/mol. The van der Waals surface area contributed by atoms with Crippen LogP contribution in [0, 0.1) is 11.8 Å². The number of fused-ring (bicyclic) bond motifs is 1. The maximum atomic E-state index is 14.0. The molecule has 7 heteroatoms. The van der Waals surface area contributed by atoms with E-state index in [9.17, 15) is 9.59 Å². The van der Waals surface area contributed by atoms with Crippen LogP contribution in [0.2, 0.25) is 0 Å². The van der Waals surface area contributed by atoms with Gasteiger partial charge in [-0.3, -0.25) is 9.59 Å². The zero-order valence-electron chi connectivity index (χ0n) is 21.4. The Morgan fingerprint density at radius 1 is 1.06 bits per heavy atom. The van der Waals surface area contributed by atoms with Gasteiger partial charge < -0.3 is 14.8 Å². The second-order valence-corrected chi connectivity index (χ2v) is 10.4. The molecule has 2 aliphatic rings. The molecular formula is C29H37N5O2. The molecule has 3 atom stereocenters. The van der Waals surface area contributed by atoms with Gasteiger partial charge in [-0.15, -0.1) is 0 Å². The number of likely N-dealkylation sites (tertiary alicyclic amines) is 1. The van der Waals surface area contributed by atoms with Crippen molar-refractivity contribution in [1.82, 2.24) is 24.8 Å². The molecule has 190 valence electrons. The Bertz CT molecular complexity index is 1220. The molecule has 36 heavy (non-hydrogen) atoms. The van der Waals surface area contributed by atoms with E-state index in [1.54, 1.807) is 6.33 Å². The molecule has 1 saturated carbocycles. The molecule has 0 bridgehead atoms. The highest BCUT2D eigenvalue weighted by molar-refractivity contribution is 5.89. The fraction of sp³-hybridized carbons (Fsp3) is 0.517. The summed E-state index contributed by atoms with van der Waals surface area (Å²) in [6, 6.07) is 11.8. The third-order valence-electron chi connectivity index (χ3n) is 8.14.